The van der Waals surface area contributed by atoms with Crippen molar-refractivity contribution in [2.45, 2.75) is 19.6 Å². The maximum absolute atomic E-state index is 12.2. The zero-order valence-electron chi connectivity index (χ0n) is 13.0. The zero-order chi connectivity index (χ0) is 17.3. The first-order chi connectivity index (χ1) is 11.5. The molecule has 1 saturated heterocycles. The molecule has 0 radical (unpaired) electrons. The summed E-state index contributed by atoms with van der Waals surface area (Å²) >= 11 is 0. The molecule has 0 bridgehead atoms. The summed E-state index contributed by atoms with van der Waals surface area (Å²) in [6, 6.07) is 6.06. The van der Waals surface area contributed by atoms with E-state index >= 15 is 0 Å². The molecular weight excluding hydrogens is 314 g/mol. The maximum atomic E-state index is 12.2. The Balaban J connectivity index is 1.56. The molecule has 24 heavy (non-hydrogen) atoms. The van der Waals surface area contributed by atoms with Gasteiger partial charge in [0.15, 0.2) is 0 Å². The van der Waals surface area contributed by atoms with Crippen LogP contribution in [0.15, 0.2) is 33.6 Å². The van der Waals surface area contributed by atoms with E-state index in [9.17, 15) is 19.5 Å². The number of amides is 2. The van der Waals surface area contributed by atoms with Gasteiger partial charge in [-0.3, -0.25) is 14.4 Å². The molecule has 0 aliphatic carbocycles. The number of rotatable bonds is 4. The van der Waals surface area contributed by atoms with Crippen LogP contribution in [0, 0.1) is 6.92 Å². The van der Waals surface area contributed by atoms with Gasteiger partial charge in [-0.1, -0.05) is 6.07 Å². The number of hydrogen-bond donors (Lipinski definition) is 3. The van der Waals surface area contributed by atoms with E-state index in [0.717, 1.165) is 11.6 Å². The monoisotopic (exact) mass is 331 g/mol. The summed E-state index contributed by atoms with van der Waals surface area (Å²) in [5.74, 6) is -0.692. The topological polar surface area (TPSA) is 116 Å². The Bertz CT molecular complexity index is 832. The summed E-state index contributed by atoms with van der Waals surface area (Å²) in [4.78, 5) is 36.7. The molecule has 8 nitrogen and oxygen atoms in total. The van der Waals surface area contributed by atoms with Gasteiger partial charge in [-0.15, -0.1) is 0 Å². The first-order valence-electron chi connectivity index (χ1n) is 7.47. The van der Waals surface area contributed by atoms with Crippen LogP contribution < -0.4 is 10.9 Å². The van der Waals surface area contributed by atoms with E-state index in [1.54, 1.807) is 18.2 Å². The van der Waals surface area contributed by atoms with Gasteiger partial charge < -0.3 is 19.8 Å². The number of hydrogen-bond acceptors (Lipinski definition) is 5. The van der Waals surface area contributed by atoms with Crippen molar-refractivity contribution in [1.29, 1.82) is 0 Å². The molecule has 3 rings (SSSR count). The molecule has 1 aromatic heterocycles. The maximum Gasteiger partial charge on any atom is 0.292 e. The lowest BCUT2D eigenvalue weighted by atomic mass is 10.0. The molecule has 0 unspecified atom stereocenters. The van der Waals surface area contributed by atoms with Gasteiger partial charge in [-0.25, -0.2) is 0 Å². The Morgan fingerprint density at radius 2 is 2.12 bits per heavy atom. The van der Waals surface area contributed by atoms with Crippen molar-refractivity contribution in [3.05, 3.63) is 57.1 Å². The van der Waals surface area contributed by atoms with Crippen molar-refractivity contribution in [3.8, 4) is 0 Å². The summed E-state index contributed by atoms with van der Waals surface area (Å²) in [6.07, 6.45) is 0. The molecule has 0 spiro atoms. The fourth-order valence-electron chi connectivity index (χ4n) is 2.53. The fraction of sp³-hybridized carbons (Fsp3) is 0.312. The average Bonchev–Trinajstić information content (AvgIpc) is 2.96. The Kier molecular flexibility index (Phi) is 4.22. The SMILES string of the molecule is Cc1ccc(C(=O)NC2CN(C(=O)c3cc(=O)[nH]o3)C2)cc1CO. The normalized spacial score (nSPS) is 14.3. The van der Waals surface area contributed by atoms with Crippen LogP contribution in [0.4, 0.5) is 0 Å². The third-order valence-corrected chi connectivity index (χ3v) is 4.02. The van der Waals surface area contributed by atoms with E-state index in [2.05, 4.69) is 10.5 Å². The predicted octanol–water partition coefficient (Wildman–Crippen LogP) is 0.0230. The second kappa shape index (κ2) is 6.32. The summed E-state index contributed by atoms with van der Waals surface area (Å²) in [7, 11) is 0. The molecular formula is C16H17N3O5. The van der Waals surface area contributed by atoms with Crippen molar-refractivity contribution in [1.82, 2.24) is 15.4 Å². The molecule has 1 aliphatic heterocycles. The number of benzene rings is 1. The summed E-state index contributed by atoms with van der Waals surface area (Å²) in [5, 5.41) is 14.2. The van der Waals surface area contributed by atoms with Crippen molar-refractivity contribution in [2.24, 2.45) is 0 Å². The minimum atomic E-state index is -0.470. The number of carbonyl (C=O) groups is 2. The van der Waals surface area contributed by atoms with Gasteiger partial charge in [-0.2, -0.15) is 5.16 Å². The van der Waals surface area contributed by atoms with E-state index in [1.807, 2.05) is 6.92 Å². The summed E-state index contributed by atoms with van der Waals surface area (Å²) in [5.41, 5.74) is 1.62. The smallest absolute Gasteiger partial charge is 0.292 e. The van der Waals surface area contributed by atoms with Crippen molar-refractivity contribution in [2.75, 3.05) is 13.1 Å². The van der Waals surface area contributed by atoms with Crippen LogP contribution in [0.1, 0.15) is 32.0 Å². The van der Waals surface area contributed by atoms with Crippen LogP contribution in [-0.2, 0) is 6.61 Å². The third kappa shape index (κ3) is 3.09. The van der Waals surface area contributed by atoms with E-state index in [-0.39, 0.29) is 24.3 Å². The lowest BCUT2D eigenvalue weighted by Crippen LogP contribution is -2.60. The minimum Gasteiger partial charge on any atom is -0.392 e. The predicted molar refractivity (Wildman–Crippen MR) is 83.6 cm³/mol. The number of aromatic nitrogens is 1. The Hall–Kier alpha value is -2.87. The second-order valence-corrected chi connectivity index (χ2v) is 5.76. The Morgan fingerprint density at radius 3 is 2.75 bits per heavy atom. The first kappa shape index (κ1) is 16.0. The largest absolute Gasteiger partial charge is 0.392 e. The highest BCUT2D eigenvalue weighted by Gasteiger charge is 2.34. The zero-order valence-corrected chi connectivity index (χ0v) is 13.0. The number of H-pyrrole nitrogens is 1. The summed E-state index contributed by atoms with van der Waals surface area (Å²) < 4.78 is 4.77. The quantitative estimate of drug-likeness (QED) is 0.731. The van der Waals surface area contributed by atoms with Crippen LogP contribution in [0.5, 0.6) is 0 Å². The molecule has 0 saturated carbocycles. The van der Waals surface area contributed by atoms with Crippen molar-refractivity contribution in [3.63, 3.8) is 0 Å². The number of carbonyl (C=O) groups excluding carboxylic acids is 2. The standard InChI is InChI=1S/C16H17N3O5/c1-9-2-3-10(4-11(9)8-20)15(22)17-12-6-19(7-12)16(23)13-5-14(21)18-24-13/h2-5,12,20H,6-8H2,1H3,(H,17,22)(H,18,21). The lowest BCUT2D eigenvalue weighted by Gasteiger charge is -2.38. The van der Waals surface area contributed by atoms with E-state index in [0.29, 0.717) is 24.2 Å². The second-order valence-electron chi connectivity index (χ2n) is 5.76. The highest BCUT2D eigenvalue weighted by Crippen LogP contribution is 2.15. The lowest BCUT2D eigenvalue weighted by molar-refractivity contribution is 0.0505. The highest BCUT2D eigenvalue weighted by molar-refractivity contribution is 5.95. The van der Waals surface area contributed by atoms with Gasteiger partial charge in [-0.05, 0) is 30.2 Å². The number of aromatic amines is 1. The molecule has 126 valence electrons. The highest BCUT2D eigenvalue weighted by atomic mass is 16.5. The average molecular weight is 331 g/mol. The number of nitrogens with one attached hydrogen (secondary N) is 2. The molecule has 0 atom stereocenters. The van der Waals surface area contributed by atoms with Crippen LogP contribution in [0.25, 0.3) is 0 Å². The Morgan fingerprint density at radius 1 is 1.38 bits per heavy atom. The van der Waals surface area contributed by atoms with Crippen LogP contribution in [0.3, 0.4) is 0 Å². The summed E-state index contributed by atoms with van der Waals surface area (Å²) in [6.45, 7) is 2.43. The molecule has 2 heterocycles. The van der Waals surface area contributed by atoms with Gasteiger partial charge in [0.05, 0.1) is 18.7 Å². The molecule has 1 fully saturated rings. The van der Waals surface area contributed by atoms with E-state index in [4.69, 9.17) is 4.52 Å². The fourth-order valence-corrected chi connectivity index (χ4v) is 2.53. The van der Waals surface area contributed by atoms with Gasteiger partial charge in [0.1, 0.15) is 0 Å². The molecule has 2 aromatic rings. The number of likely N-dealkylation sites (tertiary alicyclic amines) is 1. The molecule has 1 aliphatic rings. The molecule has 8 heteroatoms. The van der Waals surface area contributed by atoms with Crippen LogP contribution in [-0.4, -0.2) is 46.1 Å². The van der Waals surface area contributed by atoms with Gasteiger partial charge in [0.2, 0.25) is 5.76 Å². The minimum absolute atomic E-state index is 0.0455. The van der Waals surface area contributed by atoms with Gasteiger partial charge in [0.25, 0.3) is 17.4 Å². The van der Waals surface area contributed by atoms with Crippen molar-refractivity contribution < 1.29 is 19.2 Å². The van der Waals surface area contributed by atoms with Crippen molar-refractivity contribution >= 4 is 11.8 Å². The number of aliphatic hydroxyl groups excluding tert-OH is 1. The van der Waals surface area contributed by atoms with Crippen LogP contribution in [0.2, 0.25) is 0 Å². The molecule has 3 N–H and O–H groups in total. The van der Waals surface area contributed by atoms with E-state index in [1.165, 1.54) is 4.90 Å². The van der Waals surface area contributed by atoms with Crippen LogP contribution >= 0.6 is 0 Å². The number of aryl methyl sites for hydroxylation is 1. The number of aliphatic hydroxyl groups is 1. The molecule has 1 aromatic carbocycles. The van der Waals surface area contributed by atoms with E-state index < -0.39 is 11.5 Å². The van der Waals surface area contributed by atoms with Gasteiger partial charge >= 0.3 is 0 Å². The molecule has 2 amide bonds. The number of nitrogens with zero attached hydrogens (tertiary/aromatic N) is 1. The third-order valence-electron chi connectivity index (χ3n) is 4.02. The first-order valence-corrected chi connectivity index (χ1v) is 7.47. The van der Waals surface area contributed by atoms with Gasteiger partial charge in [0, 0.05) is 18.7 Å². The Labute approximate surface area is 137 Å².